The maximum atomic E-state index is 13.0. The van der Waals surface area contributed by atoms with Crippen LogP contribution < -0.4 is 10.6 Å². The molecule has 2 aromatic carbocycles. The van der Waals surface area contributed by atoms with Crippen LogP contribution in [0.15, 0.2) is 59.1 Å². The molecule has 2 heterocycles. The number of hydrogen-bond donors (Lipinski definition) is 2. The zero-order valence-electron chi connectivity index (χ0n) is 14.6. The average molecular weight is 425 g/mol. The molecular formula is C20H17BrN4O2. The van der Waals surface area contributed by atoms with Crippen molar-refractivity contribution in [3.05, 3.63) is 70.3 Å². The van der Waals surface area contributed by atoms with Crippen LogP contribution in [-0.4, -0.2) is 21.6 Å². The number of carbonyl (C=O) groups excluding carboxylic acids is 2. The number of benzene rings is 2. The van der Waals surface area contributed by atoms with E-state index >= 15 is 0 Å². The third kappa shape index (κ3) is 3.50. The molecule has 136 valence electrons. The number of anilines is 2. The van der Waals surface area contributed by atoms with Gasteiger partial charge in [-0.2, -0.15) is 5.10 Å². The minimum atomic E-state index is -0.541. The van der Waals surface area contributed by atoms with Crippen LogP contribution in [0.25, 0.3) is 5.69 Å². The van der Waals surface area contributed by atoms with Gasteiger partial charge in [-0.15, -0.1) is 0 Å². The Labute approximate surface area is 164 Å². The van der Waals surface area contributed by atoms with E-state index in [1.54, 1.807) is 4.68 Å². The molecule has 27 heavy (non-hydrogen) atoms. The molecule has 1 atom stereocenters. The molecule has 0 aliphatic carbocycles. The van der Waals surface area contributed by atoms with Gasteiger partial charge in [-0.1, -0.05) is 40.2 Å². The van der Waals surface area contributed by atoms with Crippen molar-refractivity contribution < 1.29 is 9.59 Å². The highest BCUT2D eigenvalue weighted by atomic mass is 79.9. The third-order valence-electron chi connectivity index (χ3n) is 4.45. The van der Waals surface area contributed by atoms with Gasteiger partial charge in [-0.3, -0.25) is 9.59 Å². The summed E-state index contributed by atoms with van der Waals surface area (Å²) in [6, 6.07) is 16.9. The number of carbonyl (C=O) groups is 2. The summed E-state index contributed by atoms with van der Waals surface area (Å²) in [5.41, 5.74) is 3.12. The Morgan fingerprint density at radius 3 is 2.85 bits per heavy atom. The molecule has 0 bridgehead atoms. The number of amides is 2. The van der Waals surface area contributed by atoms with Crippen molar-refractivity contribution in [2.24, 2.45) is 0 Å². The van der Waals surface area contributed by atoms with Crippen LogP contribution in [0.3, 0.4) is 0 Å². The van der Waals surface area contributed by atoms with Gasteiger partial charge >= 0.3 is 0 Å². The normalized spacial score (nSPS) is 15.8. The van der Waals surface area contributed by atoms with Gasteiger partial charge in [-0.25, -0.2) is 4.68 Å². The van der Waals surface area contributed by atoms with E-state index in [4.69, 9.17) is 0 Å². The topological polar surface area (TPSA) is 76.0 Å². The highest BCUT2D eigenvalue weighted by molar-refractivity contribution is 9.10. The van der Waals surface area contributed by atoms with Gasteiger partial charge in [0.05, 0.1) is 17.3 Å². The summed E-state index contributed by atoms with van der Waals surface area (Å²) in [5.74, 6) is -0.362. The van der Waals surface area contributed by atoms with Gasteiger partial charge in [0.1, 0.15) is 5.82 Å². The molecular weight excluding hydrogens is 408 g/mol. The number of fused-ring (bicyclic) bond motifs is 1. The minimum absolute atomic E-state index is 0.118. The van der Waals surface area contributed by atoms with Crippen LogP contribution in [0.1, 0.15) is 23.6 Å². The van der Waals surface area contributed by atoms with Crippen molar-refractivity contribution in [1.82, 2.24) is 9.78 Å². The summed E-state index contributed by atoms with van der Waals surface area (Å²) in [6.07, 6.45) is 0.118. The molecule has 0 spiro atoms. The third-order valence-corrected chi connectivity index (χ3v) is 4.95. The molecule has 0 fully saturated rings. The lowest BCUT2D eigenvalue weighted by atomic mass is 9.90. The Kier molecular flexibility index (Phi) is 4.53. The molecule has 6 nitrogen and oxygen atoms in total. The van der Waals surface area contributed by atoms with Crippen molar-refractivity contribution in [1.29, 1.82) is 0 Å². The number of halogens is 1. The molecule has 0 saturated carbocycles. The minimum Gasteiger partial charge on any atom is -0.326 e. The Bertz CT molecular complexity index is 1040. The van der Waals surface area contributed by atoms with E-state index in [2.05, 4.69) is 31.7 Å². The fourth-order valence-electron chi connectivity index (χ4n) is 3.25. The first-order chi connectivity index (χ1) is 13.0. The number of rotatable bonds is 3. The van der Waals surface area contributed by atoms with Gasteiger partial charge in [0.2, 0.25) is 11.8 Å². The standard InChI is InChI=1S/C20H17BrN4O2/c1-12-9-18(25(24-12)14-6-4-5-13(21)10-14)23-20(27)16-11-19(26)22-17-8-3-2-7-15(16)17/h2-10,16H,11H2,1H3,(H,22,26)(H,23,27)/t16-/m1/s1. The Morgan fingerprint density at radius 1 is 1.22 bits per heavy atom. The smallest absolute Gasteiger partial charge is 0.233 e. The van der Waals surface area contributed by atoms with Crippen molar-refractivity contribution in [2.45, 2.75) is 19.3 Å². The number of aryl methyl sites for hydroxylation is 1. The second kappa shape index (κ2) is 7.00. The molecule has 7 heteroatoms. The molecule has 2 N–H and O–H groups in total. The first-order valence-corrected chi connectivity index (χ1v) is 9.33. The monoisotopic (exact) mass is 424 g/mol. The molecule has 0 unspecified atom stereocenters. The quantitative estimate of drug-likeness (QED) is 0.666. The lowest BCUT2D eigenvalue weighted by Gasteiger charge is -2.24. The predicted octanol–water partition coefficient (Wildman–Crippen LogP) is 4.01. The summed E-state index contributed by atoms with van der Waals surface area (Å²) >= 11 is 3.46. The second-order valence-electron chi connectivity index (χ2n) is 6.44. The first-order valence-electron chi connectivity index (χ1n) is 8.53. The summed E-state index contributed by atoms with van der Waals surface area (Å²) < 4.78 is 2.61. The van der Waals surface area contributed by atoms with Crippen LogP contribution in [0, 0.1) is 6.92 Å². The highest BCUT2D eigenvalue weighted by Crippen LogP contribution is 2.33. The largest absolute Gasteiger partial charge is 0.326 e. The SMILES string of the molecule is Cc1cc(NC(=O)[C@@H]2CC(=O)Nc3ccccc32)n(-c2cccc(Br)c2)n1. The number of nitrogens with one attached hydrogen (secondary N) is 2. The lowest BCUT2D eigenvalue weighted by Crippen LogP contribution is -2.31. The zero-order valence-corrected chi connectivity index (χ0v) is 16.2. The number of nitrogens with zero attached hydrogens (tertiary/aromatic N) is 2. The first kappa shape index (κ1) is 17.5. The molecule has 1 aliphatic rings. The van der Waals surface area contributed by atoms with Crippen LogP contribution in [-0.2, 0) is 9.59 Å². The van der Waals surface area contributed by atoms with Crippen LogP contribution >= 0.6 is 15.9 Å². The average Bonchev–Trinajstić information content (AvgIpc) is 3.01. The van der Waals surface area contributed by atoms with Gasteiger partial charge in [0.15, 0.2) is 0 Å². The van der Waals surface area contributed by atoms with E-state index in [9.17, 15) is 9.59 Å². The Morgan fingerprint density at radius 2 is 2.04 bits per heavy atom. The number of hydrogen-bond acceptors (Lipinski definition) is 3. The van der Waals surface area contributed by atoms with Gasteiger partial charge in [-0.05, 0) is 36.8 Å². The van der Waals surface area contributed by atoms with E-state index in [0.717, 1.165) is 21.4 Å². The number of aromatic nitrogens is 2. The maximum absolute atomic E-state index is 13.0. The highest BCUT2D eigenvalue weighted by Gasteiger charge is 2.31. The molecule has 3 aromatic rings. The van der Waals surface area contributed by atoms with Gasteiger partial charge in [0.25, 0.3) is 0 Å². The summed E-state index contributed by atoms with van der Waals surface area (Å²) in [5, 5.41) is 10.2. The maximum Gasteiger partial charge on any atom is 0.233 e. The van der Waals surface area contributed by atoms with E-state index in [-0.39, 0.29) is 18.2 Å². The van der Waals surface area contributed by atoms with E-state index in [1.807, 2.05) is 61.5 Å². The molecule has 4 rings (SSSR count). The molecule has 1 aliphatic heterocycles. The molecule has 2 amide bonds. The zero-order chi connectivity index (χ0) is 19.0. The van der Waals surface area contributed by atoms with E-state index < -0.39 is 5.92 Å². The predicted molar refractivity (Wildman–Crippen MR) is 107 cm³/mol. The van der Waals surface area contributed by atoms with Crippen LogP contribution in [0.4, 0.5) is 11.5 Å². The molecule has 0 saturated heterocycles. The lowest BCUT2D eigenvalue weighted by molar-refractivity contribution is -0.123. The van der Waals surface area contributed by atoms with E-state index in [0.29, 0.717) is 11.5 Å². The summed E-state index contributed by atoms with van der Waals surface area (Å²) in [6.45, 7) is 1.87. The van der Waals surface area contributed by atoms with E-state index in [1.165, 1.54) is 0 Å². The summed E-state index contributed by atoms with van der Waals surface area (Å²) in [4.78, 5) is 25.0. The van der Waals surface area contributed by atoms with Gasteiger partial charge < -0.3 is 10.6 Å². The fourth-order valence-corrected chi connectivity index (χ4v) is 3.64. The molecule has 1 aromatic heterocycles. The Hall–Kier alpha value is -2.93. The van der Waals surface area contributed by atoms with Crippen molar-refractivity contribution in [2.75, 3.05) is 10.6 Å². The summed E-state index contributed by atoms with van der Waals surface area (Å²) in [7, 11) is 0. The second-order valence-corrected chi connectivity index (χ2v) is 7.36. The van der Waals surface area contributed by atoms with Crippen LogP contribution in [0.2, 0.25) is 0 Å². The van der Waals surface area contributed by atoms with Gasteiger partial charge in [0, 0.05) is 22.6 Å². The van der Waals surface area contributed by atoms with Crippen molar-refractivity contribution in [3.63, 3.8) is 0 Å². The molecule has 0 radical (unpaired) electrons. The van der Waals surface area contributed by atoms with Crippen LogP contribution in [0.5, 0.6) is 0 Å². The number of para-hydroxylation sites is 1. The fraction of sp³-hybridized carbons (Fsp3) is 0.150. The van der Waals surface area contributed by atoms with Crippen molar-refractivity contribution in [3.8, 4) is 5.69 Å². The van der Waals surface area contributed by atoms with Crippen molar-refractivity contribution >= 4 is 39.2 Å². The Balaban J connectivity index is 1.66.